The lowest BCUT2D eigenvalue weighted by atomic mass is 9.95. The number of Topliss-reactive ketones (excluding diaryl/α,β-unsaturated/α-hetero) is 1. The number of fused-ring (bicyclic) bond motifs is 1. The van der Waals surface area contributed by atoms with Crippen molar-refractivity contribution >= 4 is 40.4 Å². The summed E-state index contributed by atoms with van der Waals surface area (Å²) in [4.78, 5) is 46.7. The zero-order valence-corrected chi connectivity index (χ0v) is 19.8. The van der Waals surface area contributed by atoms with Gasteiger partial charge in [-0.2, -0.15) is 0 Å². The minimum absolute atomic E-state index is 0.0251. The SMILES string of the molecule is COc1cccc(/C(O)=C2\C(=O)C(=O)N(c3nc4ccc(C(=O)O)cc4[nH]3)C2c2cccc(OC)c2)c1. The summed E-state index contributed by atoms with van der Waals surface area (Å²) in [6.07, 6.45) is 0. The molecule has 1 fully saturated rings. The van der Waals surface area contributed by atoms with Crippen molar-refractivity contribution in [3.05, 3.63) is 89.0 Å². The Labute approximate surface area is 210 Å². The summed E-state index contributed by atoms with van der Waals surface area (Å²) >= 11 is 0. The van der Waals surface area contributed by atoms with Crippen molar-refractivity contribution in [2.45, 2.75) is 6.04 Å². The zero-order valence-electron chi connectivity index (χ0n) is 19.8. The van der Waals surface area contributed by atoms with Gasteiger partial charge in [-0.15, -0.1) is 0 Å². The number of amides is 1. The van der Waals surface area contributed by atoms with Crippen LogP contribution in [0, 0.1) is 0 Å². The number of aliphatic hydroxyl groups is 1. The number of imidazole rings is 1. The van der Waals surface area contributed by atoms with E-state index in [0.29, 0.717) is 33.7 Å². The van der Waals surface area contributed by atoms with E-state index in [4.69, 9.17) is 9.47 Å². The van der Waals surface area contributed by atoms with Gasteiger partial charge in [-0.1, -0.05) is 24.3 Å². The fraction of sp³-hybridized carbons (Fsp3) is 0.111. The van der Waals surface area contributed by atoms with E-state index in [0.717, 1.165) is 4.90 Å². The standard InChI is InChI=1S/C27H21N3O7/c1-36-17-7-3-5-14(11-17)22-21(23(31)15-6-4-8-18(12-15)37-2)24(32)25(33)30(22)27-28-19-10-9-16(26(34)35)13-20(19)29-27/h3-13,22,31H,1-2H3,(H,28,29)(H,34,35)/b23-21+. The van der Waals surface area contributed by atoms with Gasteiger partial charge in [-0.3, -0.25) is 14.5 Å². The minimum atomic E-state index is -1.12. The van der Waals surface area contributed by atoms with Crippen LogP contribution < -0.4 is 14.4 Å². The number of H-pyrrole nitrogens is 1. The monoisotopic (exact) mass is 499 g/mol. The van der Waals surface area contributed by atoms with Crippen LogP contribution in [0.5, 0.6) is 11.5 Å². The van der Waals surface area contributed by atoms with E-state index in [9.17, 15) is 24.6 Å². The Morgan fingerprint density at radius 1 is 0.919 bits per heavy atom. The number of anilines is 1. The van der Waals surface area contributed by atoms with Crippen LogP contribution >= 0.6 is 0 Å². The van der Waals surface area contributed by atoms with Crippen LogP contribution in [0.15, 0.2) is 72.3 Å². The first-order valence-electron chi connectivity index (χ1n) is 11.1. The Morgan fingerprint density at radius 2 is 1.62 bits per heavy atom. The first-order valence-corrected chi connectivity index (χ1v) is 11.1. The molecule has 1 unspecified atom stereocenters. The van der Waals surface area contributed by atoms with Gasteiger partial charge in [-0.05, 0) is 48.0 Å². The van der Waals surface area contributed by atoms with E-state index >= 15 is 0 Å². The number of ether oxygens (including phenoxy) is 2. The van der Waals surface area contributed by atoms with E-state index in [1.165, 1.54) is 32.4 Å². The van der Waals surface area contributed by atoms with Crippen molar-refractivity contribution in [3.63, 3.8) is 0 Å². The Hall–Kier alpha value is -5.12. The maximum Gasteiger partial charge on any atom is 0.335 e. The van der Waals surface area contributed by atoms with Crippen molar-refractivity contribution in [3.8, 4) is 11.5 Å². The molecule has 1 amide bonds. The highest BCUT2D eigenvalue weighted by Gasteiger charge is 2.48. The lowest BCUT2D eigenvalue weighted by Gasteiger charge is -2.23. The molecule has 1 saturated heterocycles. The topological polar surface area (TPSA) is 142 Å². The quantitative estimate of drug-likeness (QED) is 0.206. The second-order valence-electron chi connectivity index (χ2n) is 8.28. The van der Waals surface area contributed by atoms with Crippen molar-refractivity contribution in [2.75, 3.05) is 19.1 Å². The second-order valence-corrected chi connectivity index (χ2v) is 8.28. The first-order chi connectivity index (χ1) is 17.8. The number of carbonyl (C=O) groups is 3. The summed E-state index contributed by atoms with van der Waals surface area (Å²) in [6.45, 7) is 0. The summed E-state index contributed by atoms with van der Waals surface area (Å²) in [6, 6.07) is 16.5. The zero-order chi connectivity index (χ0) is 26.3. The number of carboxylic acids is 1. The molecule has 2 heterocycles. The molecule has 3 aromatic carbocycles. The van der Waals surface area contributed by atoms with E-state index in [2.05, 4.69) is 9.97 Å². The van der Waals surface area contributed by atoms with Gasteiger partial charge < -0.3 is 24.7 Å². The lowest BCUT2D eigenvalue weighted by molar-refractivity contribution is -0.132. The highest BCUT2D eigenvalue weighted by Crippen LogP contribution is 2.42. The van der Waals surface area contributed by atoms with Gasteiger partial charge in [0.2, 0.25) is 5.95 Å². The number of aliphatic hydroxyl groups excluding tert-OH is 1. The Balaban J connectivity index is 1.73. The normalized spacial score (nSPS) is 16.8. The fourth-order valence-corrected chi connectivity index (χ4v) is 4.35. The number of benzene rings is 3. The molecule has 4 aromatic rings. The summed E-state index contributed by atoms with van der Waals surface area (Å²) in [5.41, 5.74) is 1.45. The third-order valence-electron chi connectivity index (χ3n) is 6.14. The Morgan fingerprint density at radius 3 is 2.32 bits per heavy atom. The molecule has 5 rings (SSSR count). The van der Waals surface area contributed by atoms with E-state index in [1.54, 1.807) is 48.5 Å². The number of aromatic amines is 1. The Kier molecular flexibility index (Phi) is 5.84. The molecule has 0 aliphatic carbocycles. The van der Waals surface area contributed by atoms with Crippen LogP contribution in [0.2, 0.25) is 0 Å². The van der Waals surface area contributed by atoms with Crippen LogP contribution in [0.4, 0.5) is 5.95 Å². The molecule has 1 atom stereocenters. The number of nitrogens with zero attached hydrogens (tertiary/aromatic N) is 2. The van der Waals surface area contributed by atoms with Crippen molar-refractivity contribution < 1.29 is 34.1 Å². The average Bonchev–Trinajstić information content (AvgIpc) is 3.45. The van der Waals surface area contributed by atoms with Gasteiger partial charge in [0.1, 0.15) is 17.3 Å². The predicted octanol–water partition coefficient (Wildman–Crippen LogP) is 3.90. The number of aromatic carboxylic acids is 1. The van der Waals surface area contributed by atoms with Gasteiger partial charge in [0.25, 0.3) is 5.78 Å². The third kappa shape index (κ3) is 4.04. The molecule has 10 heteroatoms. The summed E-state index contributed by atoms with van der Waals surface area (Å²) in [5, 5.41) is 20.6. The molecule has 1 aromatic heterocycles. The Bertz CT molecular complexity index is 1600. The van der Waals surface area contributed by atoms with Crippen molar-refractivity contribution in [1.82, 2.24) is 9.97 Å². The molecule has 0 radical (unpaired) electrons. The van der Waals surface area contributed by atoms with Gasteiger partial charge >= 0.3 is 11.9 Å². The molecule has 0 spiro atoms. The molecule has 10 nitrogen and oxygen atoms in total. The van der Waals surface area contributed by atoms with Gasteiger partial charge in [0, 0.05) is 5.56 Å². The third-order valence-corrected chi connectivity index (χ3v) is 6.14. The number of ketones is 1. The number of carboxylic acid groups (broad SMARTS) is 1. The van der Waals surface area contributed by atoms with E-state index < -0.39 is 23.7 Å². The molecule has 1 aliphatic heterocycles. The molecule has 3 N–H and O–H groups in total. The summed E-state index contributed by atoms with van der Waals surface area (Å²) in [5.74, 6) is -2.33. The number of hydrogen-bond acceptors (Lipinski definition) is 7. The lowest BCUT2D eigenvalue weighted by Crippen LogP contribution is -2.30. The van der Waals surface area contributed by atoms with Crippen molar-refractivity contribution in [1.29, 1.82) is 0 Å². The first kappa shape index (κ1) is 23.6. The molecule has 0 saturated carbocycles. The van der Waals surface area contributed by atoms with Crippen LogP contribution in [-0.4, -0.2) is 52.1 Å². The van der Waals surface area contributed by atoms with Gasteiger partial charge in [-0.25, -0.2) is 9.78 Å². The van der Waals surface area contributed by atoms with Crippen LogP contribution in [0.25, 0.3) is 16.8 Å². The molecule has 186 valence electrons. The molecule has 0 bridgehead atoms. The predicted molar refractivity (Wildman–Crippen MR) is 134 cm³/mol. The summed E-state index contributed by atoms with van der Waals surface area (Å²) < 4.78 is 10.6. The molecule has 1 aliphatic rings. The van der Waals surface area contributed by atoms with E-state index in [-0.39, 0.29) is 22.8 Å². The fourth-order valence-electron chi connectivity index (χ4n) is 4.35. The van der Waals surface area contributed by atoms with Gasteiger partial charge in [0.15, 0.2) is 0 Å². The smallest absolute Gasteiger partial charge is 0.335 e. The minimum Gasteiger partial charge on any atom is -0.507 e. The largest absolute Gasteiger partial charge is 0.507 e. The number of hydrogen-bond donors (Lipinski definition) is 3. The molecular weight excluding hydrogens is 478 g/mol. The average molecular weight is 499 g/mol. The number of nitrogens with one attached hydrogen (secondary N) is 1. The summed E-state index contributed by atoms with van der Waals surface area (Å²) in [7, 11) is 2.97. The maximum absolute atomic E-state index is 13.4. The number of rotatable bonds is 6. The van der Waals surface area contributed by atoms with Crippen LogP contribution in [0.3, 0.4) is 0 Å². The second kappa shape index (κ2) is 9.15. The molecular formula is C27H21N3O7. The maximum atomic E-state index is 13.4. The van der Waals surface area contributed by atoms with E-state index in [1.807, 2.05) is 0 Å². The number of methoxy groups -OCH3 is 2. The number of carbonyl (C=O) groups excluding carboxylic acids is 2. The number of aromatic nitrogens is 2. The highest BCUT2D eigenvalue weighted by molar-refractivity contribution is 6.51. The van der Waals surface area contributed by atoms with Crippen molar-refractivity contribution in [2.24, 2.45) is 0 Å². The van der Waals surface area contributed by atoms with Crippen LogP contribution in [0.1, 0.15) is 27.5 Å². The van der Waals surface area contributed by atoms with Gasteiger partial charge in [0.05, 0.1) is 42.4 Å². The molecule has 37 heavy (non-hydrogen) atoms. The van der Waals surface area contributed by atoms with Crippen LogP contribution in [-0.2, 0) is 9.59 Å². The highest BCUT2D eigenvalue weighted by atomic mass is 16.5.